The highest BCUT2D eigenvalue weighted by Gasteiger charge is 2.41. The Morgan fingerprint density at radius 2 is 2.11 bits per heavy atom. The summed E-state index contributed by atoms with van der Waals surface area (Å²) >= 11 is 0. The zero-order valence-corrected chi connectivity index (χ0v) is 10.7. The Labute approximate surface area is 107 Å². The molecule has 2 amide bonds. The average Bonchev–Trinajstić information content (AvgIpc) is 2.69. The van der Waals surface area contributed by atoms with Crippen LogP contribution in [0.1, 0.15) is 24.0 Å². The normalized spacial score (nSPS) is 20.6. The van der Waals surface area contributed by atoms with Gasteiger partial charge in [0.1, 0.15) is 0 Å². The van der Waals surface area contributed by atoms with Crippen molar-refractivity contribution >= 4 is 11.7 Å². The van der Waals surface area contributed by atoms with Crippen LogP contribution in [0, 0.1) is 6.92 Å². The van der Waals surface area contributed by atoms with Gasteiger partial charge in [-0.25, -0.2) is 4.79 Å². The summed E-state index contributed by atoms with van der Waals surface area (Å²) in [4.78, 5) is 12.9. The number of piperidine rings is 1. The second kappa shape index (κ2) is 3.90. The van der Waals surface area contributed by atoms with Gasteiger partial charge in [0.25, 0.3) is 0 Å². The average molecular weight is 245 g/mol. The summed E-state index contributed by atoms with van der Waals surface area (Å²) < 4.78 is 0. The smallest absolute Gasteiger partial charge is 0.314 e. The molecule has 1 fully saturated rings. The number of hydrogen-bond donors (Lipinski definition) is 2. The lowest BCUT2D eigenvalue weighted by atomic mass is 9.74. The molecule has 96 valence electrons. The summed E-state index contributed by atoms with van der Waals surface area (Å²) in [6.07, 6.45) is 2.00. The number of nitrogens with one attached hydrogen (secondary N) is 1. The monoisotopic (exact) mass is 245 g/mol. The zero-order valence-electron chi connectivity index (χ0n) is 10.7. The maximum atomic E-state index is 11.2. The summed E-state index contributed by atoms with van der Waals surface area (Å²) in [5.41, 5.74) is 9.53. The number of hydrogen-bond acceptors (Lipinski definition) is 2. The van der Waals surface area contributed by atoms with Crippen LogP contribution < -0.4 is 11.1 Å². The number of likely N-dealkylation sites (tertiary alicyclic amines) is 1. The molecule has 3 N–H and O–H groups in total. The lowest BCUT2D eigenvalue weighted by Crippen LogP contribution is -2.47. The van der Waals surface area contributed by atoms with Gasteiger partial charge in [-0.1, -0.05) is 17.7 Å². The molecule has 0 atom stereocenters. The maximum Gasteiger partial charge on any atom is 0.314 e. The standard InChI is InChI=1S/C14H19N3O/c1-10-2-3-12-11(8-10)14(9-16-12)4-6-17(7-5-14)13(15)18/h2-3,8,16H,4-7,9H2,1H3,(H2,15,18). The molecule has 0 bridgehead atoms. The van der Waals surface area contributed by atoms with E-state index in [0.29, 0.717) is 0 Å². The number of primary amides is 1. The van der Waals surface area contributed by atoms with Gasteiger partial charge in [-0.3, -0.25) is 0 Å². The van der Waals surface area contributed by atoms with Crippen LogP contribution in [0.5, 0.6) is 0 Å². The van der Waals surface area contributed by atoms with Gasteiger partial charge in [-0.15, -0.1) is 0 Å². The van der Waals surface area contributed by atoms with E-state index in [1.165, 1.54) is 16.8 Å². The van der Waals surface area contributed by atoms with Crippen LogP contribution in [0.15, 0.2) is 18.2 Å². The van der Waals surface area contributed by atoms with Gasteiger partial charge in [-0.2, -0.15) is 0 Å². The lowest BCUT2D eigenvalue weighted by Gasteiger charge is -2.38. The van der Waals surface area contributed by atoms with Crippen molar-refractivity contribution in [3.63, 3.8) is 0 Å². The van der Waals surface area contributed by atoms with Crippen molar-refractivity contribution in [1.82, 2.24) is 4.90 Å². The molecular formula is C14H19N3O. The second-order valence-electron chi connectivity index (χ2n) is 5.51. The number of fused-ring (bicyclic) bond motifs is 2. The minimum Gasteiger partial charge on any atom is -0.384 e. The summed E-state index contributed by atoms with van der Waals surface area (Å²) in [6, 6.07) is 6.30. The third kappa shape index (κ3) is 1.64. The maximum absolute atomic E-state index is 11.2. The molecule has 0 aromatic heterocycles. The Morgan fingerprint density at radius 1 is 1.39 bits per heavy atom. The molecule has 1 saturated heterocycles. The Morgan fingerprint density at radius 3 is 2.78 bits per heavy atom. The van der Waals surface area contributed by atoms with Crippen molar-refractivity contribution in [2.24, 2.45) is 5.73 Å². The highest BCUT2D eigenvalue weighted by atomic mass is 16.2. The Balaban J connectivity index is 1.88. The van der Waals surface area contributed by atoms with Crippen molar-refractivity contribution in [2.45, 2.75) is 25.2 Å². The molecule has 1 spiro atoms. The van der Waals surface area contributed by atoms with E-state index in [1.54, 1.807) is 4.90 Å². The molecule has 4 heteroatoms. The number of benzene rings is 1. The highest BCUT2D eigenvalue weighted by Crippen LogP contribution is 2.44. The fraction of sp³-hybridized carbons (Fsp3) is 0.500. The summed E-state index contributed by atoms with van der Waals surface area (Å²) in [5.74, 6) is 0. The topological polar surface area (TPSA) is 58.4 Å². The van der Waals surface area contributed by atoms with Gasteiger partial charge >= 0.3 is 6.03 Å². The summed E-state index contributed by atoms with van der Waals surface area (Å²) in [5, 5.41) is 3.50. The summed E-state index contributed by atoms with van der Waals surface area (Å²) in [6.45, 7) is 4.65. The third-order valence-corrected chi connectivity index (χ3v) is 4.40. The summed E-state index contributed by atoms with van der Waals surface area (Å²) in [7, 11) is 0. The van der Waals surface area contributed by atoms with E-state index in [9.17, 15) is 4.79 Å². The van der Waals surface area contributed by atoms with E-state index in [2.05, 4.69) is 30.4 Å². The predicted octanol–water partition coefficient (Wildman–Crippen LogP) is 1.83. The van der Waals surface area contributed by atoms with Crippen LogP contribution in [-0.4, -0.2) is 30.6 Å². The molecule has 1 aromatic rings. The van der Waals surface area contributed by atoms with Gasteiger partial charge in [-0.05, 0) is 31.4 Å². The molecule has 18 heavy (non-hydrogen) atoms. The van der Waals surface area contributed by atoms with E-state index >= 15 is 0 Å². The lowest BCUT2D eigenvalue weighted by molar-refractivity contribution is 0.171. The fourth-order valence-corrected chi connectivity index (χ4v) is 3.21. The molecule has 2 aliphatic heterocycles. The van der Waals surface area contributed by atoms with Crippen LogP contribution in [0.2, 0.25) is 0 Å². The molecule has 3 rings (SSSR count). The molecule has 1 aromatic carbocycles. The van der Waals surface area contributed by atoms with Gasteiger partial charge in [0, 0.05) is 30.7 Å². The first-order valence-electron chi connectivity index (χ1n) is 6.50. The molecule has 0 saturated carbocycles. The minimum absolute atomic E-state index is 0.202. The second-order valence-corrected chi connectivity index (χ2v) is 5.51. The van der Waals surface area contributed by atoms with E-state index in [1.807, 2.05) is 0 Å². The largest absolute Gasteiger partial charge is 0.384 e. The quantitative estimate of drug-likeness (QED) is 0.732. The van der Waals surface area contributed by atoms with Gasteiger partial charge in [0.05, 0.1) is 0 Å². The van der Waals surface area contributed by atoms with Gasteiger partial charge in [0.15, 0.2) is 0 Å². The zero-order chi connectivity index (χ0) is 12.8. The number of aryl methyl sites for hydroxylation is 1. The fourth-order valence-electron chi connectivity index (χ4n) is 3.21. The number of urea groups is 1. The van der Waals surface area contributed by atoms with Crippen molar-refractivity contribution in [2.75, 3.05) is 25.0 Å². The van der Waals surface area contributed by atoms with E-state index in [4.69, 9.17) is 5.73 Å². The molecule has 0 unspecified atom stereocenters. The molecule has 0 aliphatic carbocycles. The number of rotatable bonds is 0. The highest BCUT2D eigenvalue weighted by molar-refractivity contribution is 5.72. The molecule has 2 aliphatic rings. The third-order valence-electron chi connectivity index (χ3n) is 4.40. The number of carbonyl (C=O) groups excluding carboxylic acids is 1. The van der Waals surface area contributed by atoms with E-state index in [0.717, 1.165) is 32.5 Å². The Hall–Kier alpha value is -1.71. The Bertz CT molecular complexity index is 490. The van der Waals surface area contributed by atoms with Crippen molar-refractivity contribution in [3.05, 3.63) is 29.3 Å². The number of nitrogens with zero attached hydrogens (tertiary/aromatic N) is 1. The number of amides is 2. The first kappa shape index (κ1) is 11.4. The Kier molecular flexibility index (Phi) is 2.47. The van der Waals surface area contributed by atoms with Crippen molar-refractivity contribution in [1.29, 1.82) is 0 Å². The SMILES string of the molecule is Cc1ccc2c(c1)C1(CCN(C(N)=O)CC1)CN2. The van der Waals surface area contributed by atoms with Crippen LogP contribution in [0.4, 0.5) is 10.5 Å². The van der Waals surface area contributed by atoms with Crippen LogP contribution >= 0.6 is 0 Å². The van der Waals surface area contributed by atoms with Crippen molar-refractivity contribution < 1.29 is 4.79 Å². The van der Waals surface area contributed by atoms with Crippen LogP contribution in [-0.2, 0) is 5.41 Å². The van der Waals surface area contributed by atoms with Crippen molar-refractivity contribution in [3.8, 4) is 0 Å². The molecule has 2 heterocycles. The minimum atomic E-state index is -0.291. The molecular weight excluding hydrogens is 226 g/mol. The molecule has 0 radical (unpaired) electrons. The van der Waals surface area contributed by atoms with E-state index < -0.39 is 0 Å². The number of anilines is 1. The van der Waals surface area contributed by atoms with Gasteiger partial charge in [0.2, 0.25) is 0 Å². The van der Waals surface area contributed by atoms with Crippen LogP contribution in [0.25, 0.3) is 0 Å². The first-order valence-corrected chi connectivity index (χ1v) is 6.50. The molecule has 4 nitrogen and oxygen atoms in total. The van der Waals surface area contributed by atoms with Crippen LogP contribution in [0.3, 0.4) is 0 Å². The first-order chi connectivity index (χ1) is 8.61. The van der Waals surface area contributed by atoms with Gasteiger partial charge < -0.3 is 16.0 Å². The predicted molar refractivity (Wildman–Crippen MR) is 71.7 cm³/mol. The number of carbonyl (C=O) groups is 1. The number of nitrogens with two attached hydrogens (primary N) is 1. The van der Waals surface area contributed by atoms with E-state index in [-0.39, 0.29) is 11.4 Å².